The molecule has 0 saturated heterocycles. The largest absolute Gasteiger partial charge is 0.322 e. The first-order chi connectivity index (χ1) is 11.0. The van der Waals surface area contributed by atoms with Crippen LogP contribution in [-0.4, -0.2) is 9.49 Å². The Hall–Kier alpha value is -1.95. The SMILES string of the molecule is O=[N+]([O-])c1cc(Cl)c(-n2cccc2)cc1Sc1ccc(Cl)cc1. The summed E-state index contributed by atoms with van der Waals surface area (Å²) in [4.78, 5) is 12.3. The van der Waals surface area contributed by atoms with E-state index in [-0.39, 0.29) is 5.69 Å². The zero-order valence-corrected chi connectivity index (χ0v) is 14.0. The summed E-state index contributed by atoms with van der Waals surface area (Å²) in [6.45, 7) is 0. The molecule has 0 spiro atoms. The number of rotatable bonds is 4. The number of hydrogen-bond acceptors (Lipinski definition) is 3. The Morgan fingerprint density at radius 2 is 1.70 bits per heavy atom. The second-order valence-corrected chi connectivity index (χ2v) is 6.63. The van der Waals surface area contributed by atoms with E-state index >= 15 is 0 Å². The van der Waals surface area contributed by atoms with Crippen LogP contribution >= 0.6 is 35.0 Å². The fourth-order valence-corrected chi connectivity index (χ4v) is 3.40. The van der Waals surface area contributed by atoms with Gasteiger partial charge in [-0.1, -0.05) is 35.0 Å². The summed E-state index contributed by atoms with van der Waals surface area (Å²) in [5.74, 6) is 0. The summed E-state index contributed by atoms with van der Waals surface area (Å²) in [5.41, 5.74) is 0.671. The van der Waals surface area contributed by atoms with E-state index < -0.39 is 4.92 Å². The average molecular weight is 365 g/mol. The molecule has 0 bridgehead atoms. The van der Waals surface area contributed by atoms with E-state index in [1.165, 1.54) is 17.8 Å². The molecule has 1 heterocycles. The molecule has 7 heteroatoms. The standard InChI is InChI=1S/C16H10Cl2N2O2S/c17-11-3-5-12(6-4-11)23-16-10-14(19-7-1-2-8-19)13(18)9-15(16)20(21)22/h1-10H. The molecule has 1 aromatic heterocycles. The van der Waals surface area contributed by atoms with Crippen LogP contribution in [0.25, 0.3) is 5.69 Å². The number of nitro benzene ring substituents is 1. The van der Waals surface area contributed by atoms with E-state index in [1.54, 1.807) is 18.2 Å². The van der Waals surface area contributed by atoms with Gasteiger partial charge in [-0.05, 0) is 42.5 Å². The Labute approximate surface area is 146 Å². The molecule has 3 aromatic rings. The highest BCUT2D eigenvalue weighted by Gasteiger charge is 2.19. The Morgan fingerprint density at radius 1 is 1.04 bits per heavy atom. The smallest absolute Gasteiger partial charge is 0.284 e. The van der Waals surface area contributed by atoms with Crippen LogP contribution in [0.5, 0.6) is 0 Å². The molecule has 0 N–H and O–H groups in total. The summed E-state index contributed by atoms with van der Waals surface area (Å²) in [6, 6.07) is 14.0. The number of aromatic nitrogens is 1. The second kappa shape index (κ2) is 6.66. The van der Waals surface area contributed by atoms with E-state index in [9.17, 15) is 10.1 Å². The zero-order valence-electron chi connectivity index (χ0n) is 11.6. The summed E-state index contributed by atoms with van der Waals surface area (Å²) in [7, 11) is 0. The van der Waals surface area contributed by atoms with Gasteiger partial charge < -0.3 is 4.57 Å². The van der Waals surface area contributed by atoms with Gasteiger partial charge in [-0.3, -0.25) is 10.1 Å². The van der Waals surface area contributed by atoms with Gasteiger partial charge in [-0.2, -0.15) is 0 Å². The van der Waals surface area contributed by atoms with Crippen molar-refractivity contribution in [3.63, 3.8) is 0 Å². The van der Waals surface area contributed by atoms with E-state index in [2.05, 4.69) is 0 Å². The predicted molar refractivity (Wildman–Crippen MR) is 93.0 cm³/mol. The van der Waals surface area contributed by atoms with Gasteiger partial charge in [0.1, 0.15) is 0 Å². The van der Waals surface area contributed by atoms with Gasteiger partial charge in [-0.15, -0.1) is 0 Å². The highest BCUT2D eigenvalue weighted by atomic mass is 35.5. The molecule has 0 aliphatic heterocycles. The third kappa shape index (κ3) is 3.52. The van der Waals surface area contributed by atoms with Crippen LogP contribution in [0, 0.1) is 10.1 Å². The molecule has 0 amide bonds. The number of hydrogen-bond donors (Lipinski definition) is 0. The molecule has 23 heavy (non-hydrogen) atoms. The molecule has 0 fully saturated rings. The van der Waals surface area contributed by atoms with Gasteiger partial charge in [0.25, 0.3) is 5.69 Å². The number of benzene rings is 2. The first kappa shape index (κ1) is 15.9. The average Bonchev–Trinajstić information content (AvgIpc) is 3.05. The highest BCUT2D eigenvalue weighted by molar-refractivity contribution is 7.99. The maximum absolute atomic E-state index is 11.3. The Balaban J connectivity index is 2.07. The molecule has 116 valence electrons. The van der Waals surface area contributed by atoms with Gasteiger partial charge in [-0.25, -0.2) is 0 Å². The summed E-state index contributed by atoms with van der Waals surface area (Å²) in [6.07, 6.45) is 3.67. The van der Waals surface area contributed by atoms with Crippen molar-refractivity contribution in [1.29, 1.82) is 0 Å². The van der Waals surface area contributed by atoms with Crippen molar-refractivity contribution < 1.29 is 4.92 Å². The van der Waals surface area contributed by atoms with Crippen molar-refractivity contribution in [2.45, 2.75) is 9.79 Å². The molecule has 0 radical (unpaired) electrons. The molecule has 3 rings (SSSR count). The van der Waals surface area contributed by atoms with Crippen LogP contribution < -0.4 is 0 Å². The third-order valence-corrected chi connectivity index (χ3v) is 4.76. The fourth-order valence-electron chi connectivity index (χ4n) is 2.08. The topological polar surface area (TPSA) is 48.1 Å². The van der Waals surface area contributed by atoms with Gasteiger partial charge in [0, 0.05) is 28.4 Å². The quantitative estimate of drug-likeness (QED) is 0.431. The van der Waals surface area contributed by atoms with E-state index in [4.69, 9.17) is 23.2 Å². The van der Waals surface area contributed by atoms with Crippen molar-refractivity contribution >= 4 is 40.7 Å². The monoisotopic (exact) mass is 364 g/mol. The maximum atomic E-state index is 11.3. The van der Waals surface area contributed by atoms with Crippen molar-refractivity contribution in [3.05, 3.63) is 81.1 Å². The van der Waals surface area contributed by atoms with Crippen LogP contribution in [0.1, 0.15) is 0 Å². The van der Waals surface area contributed by atoms with Crippen LogP contribution in [0.4, 0.5) is 5.69 Å². The number of nitro groups is 1. The molecule has 2 aromatic carbocycles. The van der Waals surface area contributed by atoms with Gasteiger partial charge in [0.15, 0.2) is 0 Å². The van der Waals surface area contributed by atoms with Gasteiger partial charge >= 0.3 is 0 Å². The minimum atomic E-state index is -0.427. The maximum Gasteiger partial charge on any atom is 0.284 e. The number of nitrogens with zero attached hydrogens (tertiary/aromatic N) is 2. The Bertz CT molecular complexity index is 849. The fraction of sp³-hybridized carbons (Fsp3) is 0. The van der Waals surface area contributed by atoms with E-state index in [0.717, 1.165) is 4.90 Å². The lowest BCUT2D eigenvalue weighted by molar-refractivity contribution is -0.387. The van der Waals surface area contributed by atoms with E-state index in [1.807, 2.05) is 41.2 Å². The normalized spacial score (nSPS) is 10.7. The van der Waals surface area contributed by atoms with Crippen molar-refractivity contribution in [2.75, 3.05) is 0 Å². The Kier molecular flexibility index (Phi) is 4.61. The van der Waals surface area contributed by atoms with E-state index in [0.29, 0.717) is 20.6 Å². The van der Waals surface area contributed by atoms with Crippen LogP contribution in [-0.2, 0) is 0 Å². The molecular formula is C16H10Cl2N2O2S. The molecule has 0 unspecified atom stereocenters. The van der Waals surface area contributed by atoms with Gasteiger partial charge in [0.2, 0.25) is 0 Å². The minimum absolute atomic E-state index is 0.0224. The van der Waals surface area contributed by atoms with Crippen LogP contribution in [0.15, 0.2) is 70.7 Å². The summed E-state index contributed by atoms with van der Waals surface area (Å²) < 4.78 is 1.82. The molecule has 0 atom stereocenters. The zero-order chi connectivity index (χ0) is 16.4. The van der Waals surface area contributed by atoms with Crippen molar-refractivity contribution in [1.82, 2.24) is 4.57 Å². The Morgan fingerprint density at radius 3 is 2.30 bits per heavy atom. The highest BCUT2D eigenvalue weighted by Crippen LogP contribution is 2.39. The first-order valence-corrected chi connectivity index (χ1v) is 8.16. The lowest BCUT2D eigenvalue weighted by atomic mass is 10.2. The summed E-state index contributed by atoms with van der Waals surface area (Å²) in [5, 5.41) is 12.3. The molecule has 0 saturated carbocycles. The lowest BCUT2D eigenvalue weighted by Gasteiger charge is -2.10. The van der Waals surface area contributed by atoms with Gasteiger partial charge in [0.05, 0.1) is 20.5 Å². The minimum Gasteiger partial charge on any atom is -0.322 e. The predicted octanol–water partition coefficient (Wildman–Crippen LogP) is 5.84. The van der Waals surface area contributed by atoms with Crippen LogP contribution in [0.3, 0.4) is 0 Å². The third-order valence-electron chi connectivity index (χ3n) is 3.15. The van der Waals surface area contributed by atoms with Crippen molar-refractivity contribution in [3.8, 4) is 5.69 Å². The first-order valence-electron chi connectivity index (χ1n) is 6.59. The molecule has 0 aliphatic carbocycles. The second-order valence-electron chi connectivity index (χ2n) is 4.67. The number of halogens is 2. The molecular weight excluding hydrogens is 355 g/mol. The molecule has 4 nitrogen and oxygen atoms in total. The summed E-state index contributed by atoms with van der Waals surface area (Å²) >= 11 is 13.4. The van der Waals surface area contributed by atoms with Crippen LogP contribution in [0.2, 0.25) is 10.0 Å². The van der Waals surface area contributed by atoms with Crippen molar-refractivity contribution in [2.24, 2.45) is 0 Å². The lowest BCUT2D eigenvalue weighted by Crippen LogP contribution is -1.96. The molecule has 0 aliphatic rings.